The van der Waals surface area contributed by atoms with Crippen molar-refractivity contribution in [1.29, 1.82) is 0 Å². The third kappa shape index (κ3) is 3.96. The van der Waals surface area contributed by atoms with Crippen LogP contribution in [0, 0.1) is 0 Å². The molecule has 1 aromatic heterocycles. The maximum atomic E-state index is 5.42. The van der Waals surface area contributed by atoms with Crippen molar-refractivity contribution in [2.24, 2.45) is 0 Å². The van der Waals surface area contributed by atoms with Gasteiger partial charge >= 0.3 is 0 Å². The summed E-state index contributed by atoms with van der Waals surface area (Å²) >= 11 is 0. The van der Waals surface area contributed by atoms with Gasteiger partial charge in [0.2, 0.25) is 0 Å². The van der Waals surface area contributed by atoms with Crippen LogP contribution in [0.1, 0.15) is 17.2 Å². The number of nitrogens with zero attached hydrogens (tertiary/aromatic N) is 3. The molecule has 1 N–H and O–H groups in total. The highest BCUT2D eigenvalue weighted by Crippen LogP contribution is 2.20. The molecular weight excluding hydrogens is 288 g/mol. The number of rotatable bonds is 7. The van der Waals surface area contributed by atoms with Gasteiger partial charge in [0, 0.05) is 12.1 Å². The van der Waals surface area contributed by atoms with Crippen molar-refractivity contribution in [1.82, 2.24) is 20.1 Å². The molecule has 0 unspecified atom stereocenters. The number of hydrogen-bond acceptors (Lipinski definition) is 4. The Bertz CT molecular complexity index is 713. The molecule has 1 atom stereocenters. The molecule has 0 aliphatic rings. The van der Waals surface area contributed by atoms with Gasteiger partial charge in [0.15, 0.2) is 0 Å². The Balaban J connectivity index is 1.76. The first-order chi connectivity index (χ1) is 11.4. The zero-order chi connectivity index (χ0) is 15.9. The first-order valence-corrected chi connectivity index (χ1v) is 7.59. The molecular formula is C18H20N4O. The van der Waals surface area contributed by atoms with E-state index in [1.165, 1.54) is 5.56 Å². The third-order valence-electron chi connectivity index (χ3n) is 3.77. The monoisotopic (exact) mass is 308 g/mol. The Morgan fingerprint density at radius 2 is 1.87 bits per heavy atom. The molecule has 118 valence electrons. The van der Waals surface area contributed by atoms with Crippen LogP contribution < -0.4 is 10.1 Å². The Morgan fingerprint density at radius 3 is 2.61 bits per heavy atom. The van der Waals surface area contributed by atoms with E-state index >= 15 is 0 Å². The van der Waals surface area contributed by atoms with Crippen molar-refractivity contribution >= 4 is 0 Å². The highest BCUT2D eigenvalue weighted by molar-refractivity contribution is 5.33. The first-order valence-electron chi connectivity index (χ1n) is 7.59. The van der Waals surface area contributed by atoms with E-state index in [0.717, 1.165) is 24.4 Å². The van der Waals surface area contributed by atoms with Gasteiger partial charge in [0.25, 0.3) is 0 Å². The lowest BCUT2D eigenvalue weighted by Crippen LogP contribution is -2.25. The minimum atomic E-state index is 0.141. The molecule has 0 saturated carbocycles. The zero-order valence-corrected chi connectivity index (χ0v) is 13.1. The van der Waals surface area contributed by atoms with Gasteiger partial charge in [-0.25, -0.2) is 4.98 Å². The van der Waals surface area contributed by atoms with Crippen molar-refractivity contribution in [3.8, 4) is 5.75 Å². The van der Waals surface area contributed by atoms with Crippen LogP contribution in [0.15, 0.2) is 67.3 Å². The number of methoxy groups -OCH3 is 1. The van der Waals surface area contributed by atoms with Gasteiger partial charge in [-0.15, -0.1) is 0 Å². The number of ether oxygens (including phenoxy) is 1. The smallest absolute Gasteiger partial charge is 0.137 e. The van der Waals surface area contributed by atoms with Crippen molar-refractivity contribution in [2.75, 3.05) is 7.11 Å². The quantitative estimate of drug-likeness (QED) is 0.729. The minimum absolute atomic E-state index is 0.141. The van der Waals surface area contributed by atoms with E-state index in [1.54, 1.807) is 19.8 Å². The largest absolute Gasteiger partial charge is 0.496 e. The predicted octanol–water partition coefficient (Wildman–Crippen LogP) is 2.82. The second-order valence-corrected chi connectivity index (χ2v) is 5.27. The summed E-state index contributed by atoms with van der Waals surface area (Å²) in [6.07, 6.45) is 3.29. The van der Waals surface area contributed by atoms with E-state index in [4.69, 9.17) is 4.74 Å². The lowest BCUT2D eigenvalue weighted by atomic mass is 10.1. The average molecular weight is 308 g/mol. The first kappa shape index (κ1) is 15.2. The number of para-hydroxylation sites is 1. The molecule has 3 aromatic rings. The molecule has 0 fully saturated rings. The van der Waals surface area contributed by atoms with Crippen molar-refractivity contribution < 1.29 is 4.74 Å². The lowest BCUT2D eigenvalue weighted by Gasteiger charge is -2.20. The minimum Gasteiger partial charge on any atom is -0.496 e. The van der Waals surface area contributed by atoms with Crippen LogP contribution in [0.3, 0.4) is 0 Å². The van der Waals surface area contributed by atoms with Crippen molar-refractivity contribution in [2.45, 2.75) is 19.1 Å². The van der Waals surface area contributed by atoms with Crippen molar-refractivity contribution in [3.05, 3.63) is 78.4 Å². The van der Waals surface area contributed by atoms with Gasteiger partial charge in [-0.3, -0.25) is 4.68 Å². The van der Waals surface area contributed by atoms with Crippen LogP contribution in [0.2, 0.25) is 0 Å². The molecule has 0 bridgehead atoms. The summed E-state index contributed by atoms with van der Waals surface area (Å²) in [4.78, 5) is 4.02. The maximum absolute atomic E-state index is 5.42. The molecule has 5 nitrogen and oxygen atoms in total. The van der Waals surface area contributed by atoms with Crippen LogP contribution in [0.25, 0.3) is 0 Å². The maximum Gasteiger partial charge on any atom is 0.137 e. The highest BCUT2D eigenvalue weighted by Gasteiger charge is 2.13. The molecule has 0 amide bonds. The van der Waals surface area contributed by atoms with Gasteiger partial charge < -0.3 is 10.1 Å². The fourth-order valence-corrected chi connectivity index (χ4v) is 2.57. The van der Waals surface area contributed by atoms with E-state index in [2.05, 4.69) is 45.7 Å². The standard InChI is InChI=1S/C18H20N4O/c1-23-18-10-6-5-9-16(18)11-20-17(12-22-14-19-13-21-22)15-7-3-2-4-8-15/h2-10,13-14,17,20H,11-12H2,1H3/t17-/m1/s1. The summed E-state index contributed by atoms with van der Waals surface area (Å²) in [5, 5.41) is 7.81. The molecule has 3 rings (SSSR count). The second kappa shape index (κ2) is 7.56. The SMILES string of the molecule is COc1ccccc1CN[C@H](Cn1cncn1)c1ccccc1. The van der Waals surface area contributed by atoms with Crippen LogP contribution in [-0.2, 0) is 13.1 Å². The Morgan fingerprint density at radius 1 is 1.09 bits per heavy atom. The third-order valence-corrected chi connectivity index (χ3v) is 3.77. The zero-order valence-electron chi connectivity index (χ0n) is 13.1. The molecule has 0 aliphatic carbocycles. The van der Waals surface area contributed by atoms with Gasteiger partial charge in [-0.05, 0) is 11.6 Å². The Hall–Kier alpha value is -2.66. The predicted molar refractivity (Wildman–Crippen MR) is 89.0 cm³/mol. The Labute approximate surface area is 135 Å². The molecule has 0 saturated heterocycles. The molecule has 2 aromatic carbocycles. The summed E-state index contributed by atoms with van der Waals surface area (Å²) in [5.41, 5.74) is 2.35. The highest BCUT2D eigenvalue weighted by atomic mass is 16.5. The second-order valence-electron chi connectivity index (χ2n) is 5.27. The molecule has 23 heavy (non-hydrogen) atoms. The molecule has 0 aliphatic heterocycles. The van der Waals surface area contributed by atoms with Gasteiger partial charge in [0.1, 0.15) is 18.4 Å². The normalized spacial score (nSPS) is 12.0. The van der Waals surface area contributed by atoms with Gasteiger partial charge in [0.05, 0.1) is 19.7 Å². The molecule has 5 heteroatoms. The van der Waals surface area contributed by atoms with Crippen LogP contribution >= 0.6 is 0 Å². The summed E-state index contributed by atoms with van der Waals surface area (Å²) in [6.45, 7) is 1.44. The van der Waals surface area contributed by atoms with E-state index in [1.807, 2.05) is 28.9 Å². The van der Waals surface area contributed by atoms with Gasteiger partial charge in [-0.2, -0.15) is 5.10 Å². The summed E-state index contributed by atoms with van der Waals surface area (Å²) in [5.74, 6) is 0.896. The summed E-state index contributed by atoms with van der Waals surface area (Å²) < 4.78 is 7.26. The number of benzene rings is 2. The van der Waals surface area contributed by atoms with Crippen LogP contribution in [-0.4, -0.2) is 21.9 Å². The number of aromatic nitrogens is 3. The molecule has 0 spiro atoms. The number of hydrogen-bond donors (Lipinski definition) is 1. The summed E-state index contributed by atoms with van der Waals surface area (Å²) in [6, 6.07) is 18.6. The van der Waals surface area contributed by atoms with Crippen LogP contribution in [0.4, 0.5) is 0 Å². The van der Waals surface area contributed by atoms with Gasteiger partial charge in [-0.1, -0.05) is 48.5 Å². The number of nitrogens with one attached hydrogen (secondary N) is 1. The van der Waals surface area contributed by atoms with E-state index < -0.39 is 0 Å². The Kier molecular flexibility index (Phi) is 5.01. The van der Waals surface area contributed by atoms with E-state index in [0.29, 0.717) is 0 Å². The van der Waals surface area contributed by atoms with E-state index in [-0.39, 0.29) is 6.04 Å². The fraction of sp³-hybridized carbons (Fsp3) is 0.222. The van der Waals surface area contributed by atoms with Crippen LogP contribution in [0.5, 0.6) is 5.75 Å². The summed E-state index contributed by atoms with van der Waals surface area (Å²) in [7, 11) is 1.70. The molecule has 1 heterocycles. The molecule has 0 radical (unpaired) electrons. The van der Waals surface area contributed by atoms with Crippen molar-refractivity contribution in [3.63, 3.8) is 0 Å². The topological polar surface area (TPSA) is 52.0 Å². The fourth-order valence-electron chi connectivity index (χ4n) is 2.57. The lowest BCUT2D eigenvalue weighted by molar-refractivity contribution is 0.398. The average Bonchev–Trinajstić information content (AvgIpc) is 3.12. The van der Waals surface area contributed by atoms with E-state index in [9.17, 15) is 0 Å².